The second kappa shape index (κ2) is 4.44. The van der Waals surface area contributed by atoms with E-state index in [0.29, 0.717) is 5.02 Å². The van der Waals surface area contributed by atoms with Gasteiger partial charge in [0.25, 0.3) is 0 Å². The zero-order valence-electron chi connectivity index (χ0n) is 7.29. The van der Waals surface area contributed by atoms with E-state index >= 15 is 0 Å². The largest absolute Gasteiger partial charge is 0.411 e. The molecule has 14 heavy (non-hydrogen) atoms. The van der Waals surface area contributed by atoms with Crippen LogP contribution in [0.2, 0.25) is 10.0 Å². The first-order valence-corrected chi connectivity index (χ1v) is 4.50. The molecule has 1 rings (SSSR count). The van der Waals surface area contributed by atoms with Crippen molar-refractivity contribution in [3.8, 4) is 0 Å². The molecule has 1 aromatic carbocycles. The van der Waals surface area contributed by atoms with Gasteiger partial charge in [-0.2, -0.15) is 0 Å². The fraction of sp³-hybridized carbons (Fsp3) is 0.111. The second-order valence-corrected chi connectivity index (χ2v) is 3.48. The van der Waals surface area contributed by atoms with E-state index in [1.165, 1.54) is 19.1 Å². The van der Waals surface area contributed by atoms with Crippen molar-refractivity contribution in [3.63, 3.8) is 0 Å². The molecule has 0 aromatic heterocycles. The first kappa shape index (κ1) is 11.0. The Hall–Kier alpha value is -1.06. The second-order valence-electron chi connectivity index (χ2n) is 2.64. The van der Waals surface area contributed by atoms with Crippen LogP contribution in [0, 0.1) is 0 Å². The van der Waals surface area contributed by atoms with E-state index in [0.717, 1.165) is 0 Å². The molecule has 0 aliphatic rings. The molecule has 0 amide bonds. The van der Waals surface area contributed by atoms with E-state index in [-0.39, 0.29) is 16.3 Å². The van der Waals surface area contributed by atoms with Gasteiger partial charge in [-0.3, -0.25) is 4.79 Å². The Morgan fingerprint density at radius 1 is 1.43 bits per heavy atom. The molecule has 0 fully saturated rings. The zero-order valence-corrected chi connectivity index (χ0v) is 8.80. The van der Waals surface area contributed by atoms with Crippen LogP contribution in [-0.4, -0.2) is 16.7 Å². The molecule has 0 spiro atoms. The van der Waals surface area contributed by atoms with Gasteiger partial charge in [0.1, 0.15) is 5.71 Å². The van der Waals surface area contributed by atoms with E-state index in [2.05, 4.69) is 5.16 Å². The highest BCUT2D eigenvalue weighted by Gasteiger charge is 2.13. The van der Waals surface area contributed by atoms with E-state index in [4.69, 9.17) is 28.4 Å². The summed E-state index contributed by atoms with van der Waals surface area (Å²) in [5.41, 5.74) is 0.251. The third-order valence-electron chi connectivity index (χ3n) is 1.65. The number of carbonyl (C=O) groups excluding carboxylic acids is 1. The average molecular weight is 232 g/mol. The summed E-state index contributed by atoms with van der Waals surface area (Å²) in [6.45, 7) is 1.40. The standard InChI is InChI=1S/C9H7Cl2NO2/c1-5(12-14)9(13)7-3-2-6(10)4-8(7)11/h2-4,14H,1H3. The summed E-state index contributed by atoms with van der Waals surface area (Å²) >= 11 is 11.4. The Balaban J connectivity index is 3.14. The average Bonchev–Trinajstić information content (AvgIpc) is 2.15. The zero-order chi connectivity index (χ0) is 10.7. The summed E-state index contributed by atoms with van der Waals surface area (Å²) in [4.78, 5) is 11.5. The monoisotopic (exact) mass is 231 g/mol. The fourth-order valence-electron chi connectivity index (χ4n) is 0.914. The van der Waals surface area contributed by atoms with Crippen LogP contribution in [0.1, 0.15) is 17.3 Å². The molecule has 74 valence electrons. The maximum atomic E-state index is 11.5. The summed E-state index contributed by atoms with van der Waals surface area (Å²) in [6, 6.07) is 4.49. The van der Waals surface area contributed by atoms with Gasteiger partial charge in [-0.15, -0.1) is 0 Å². The molecule has 0 atom stereocenters. The summed E-state index contributed by atoms with van der Waals surface area (Å²) in [6.07, 6.45) is 0. The Bertz CT molecular complexity index is 402. The summed E-state index contributed by atoms with van der Waals surface area (Å²) < 4.78 is 0. The van der Waals surface area contributed by atoms with Crippen molar-refractivity contribution in [2.24, 2.45) is 5.16 Å². The molecule has 0 heterocycles. The SMILES string of the molecule is CC(=NO)C(=O)c1ccc(Cl)cc1Cl. The lowest BCUT2D eigenvalue weighted by molar-refractivity contribution is 0.106. The normalized spacial score (nSPS) is 11.5. The van der Waals surface area contributed by atoms with E-state index in [9.17, 15) is 4.79 Å². The predicted molar refractivity (Wildman–Crippen MR) is 55.7 cm³/mol. The van der Waals surface area contributed by atoms with Gasteiger partial charge >= 0.3 is 0 Å². The van der Waals surface area contributed by atoms with E-state index < -0.39 is 5.78 Å². The molecule has 0 saturated heterocycles. The lowest BCUT2D eigenvalue weighted by Gasteiger charge is -2.01. The van der Waals surface area contributed by atoms with Crippen molar-refractivity contribution >= 4 is 34.7 Å². The number of nitrogens with zero attached hydrogens (tertiary/aromatic N) is 1. The van der Waals surface area contributed by atoms with Crippen LogP contribution in [0.3, 0.4) is 0 Å². The van der Waals surface area contributed by atoms with Crippen molar-refractivity contribution in [1.82, 2.24) is 0 Å². The smallest absolute Gasteiger partial charge is 0.211 e. The minimum atomic E-state index is -0.422. The van der Waals surface area contributed by atoms with Crippen molar-refractivity contribution in [2.75, 3.05) is 0 Å². The molecule has 0 saturated carbocycles. The summed E-state index contributed by atoms with van der Waals surface area (Å²) in [7, 11) is 0. The number of carbonyl (C=O) groups is 1. The number of benzene rings is 1. The van der Waals surface area contributed by atoms with Gasteiger partial charge in [-0.1, -0.05) is 28.4 Å². The van der Waals surface area contributed by atoms with Crippen LogP contribution in [0.5, 0.6) is 0 Å². The number of hydrogen-bond acceptors (Lipinski definition) is 3. The minimum Gasteiger partial charge on any atom is -0.411 e. The first-order chi connectivity index (χ1) is 6.56. The molecule has 0 aliphatic heterocycles. The molecule has 0 radical (unpaired) electrons. The number of rotatable bonds is 2. The van der Waals surface area contributed by atoms with E-state index in [1.54, 1.807) is 6.07 Å². The van der Waals surface area contributed by atoms with Gasteiger partial charge in [-0.05, 0) is 25.1 Å². The molecular weight excluding hydrogens is 225 g/mol. The van der Waals surface area contributed by atoms with Gasteiger partial charge in [0.05, 0.1) is 5.02 Å². The van der Waals surface area contributed by atoms with Gasteiger partial charge in [-0.25, -0.2) is 0 Å². The van der Waals surface area contributed by atoms with Crippen LogP contribution in [0.25, 0.3) is 0 Å². The topological polar surface area (TPSA) is 49.7 Å². The Morgan fingerprint density at radius 2 is 2.07 bits per heavy atom. The van der Waals surface area contributed by atoms with Crippen molar-refractivity contribution < 1.29 is 10.0 Å². The molecule has 0 bridgehead atoms. The number of halogens is 2. The Morgan fingerprint density at radius 3 is 2.57 bits per heavy atom. The lowest BCUT2D eigenvalue weighted by Crippen LogP contribution is -2.10. The molecule has 0 unspecified atom stereocenters. The highest BCUT2D eigenvalue weighted by molar-refractivity contribution is 6.49. The van der Waals surface area contributed by atoms with Crippen molar-refractivity contribution in [2.45, 2.75) is 6.92 Å². The number of ketones is 1. The highest BCUT2D eigenvalue weighted by Crippen LogP contribution is 2.21. The van der Waals surface area contributed by atoms with Crippen molar-refractivity contribution in [3.05, 3.63) is 33.8 Å². The predicted octanol–water partition coefficient (Wildman–Crippen LogP) is 3.03. The number of oxime groups is 1. The molecule has 0 aliphatic carbocycles. The quantitative estimate of drug-likeness (QED) is 0.368. The minimum absolute atomic E-state index is 0.0192. The number of hydrogen-bond donors (Lipinski definition) is 1. The van der Waals surface area contributed by atoms with E-state index in [1.807, 2.05) is 0 Å². The molecular formula is C9H7Cl2NO2. The van der Waals surface area contributed by atoms with Crippen LogP contribution >= 0.6 is 23.2 Å². The Labute approximate surface area is 90.9 Å². The molecule has 3 nitrogen and oxygen atoms in total. The molecule has 1 aromatic rings. The third kappa shape index (κ3) is 2.25. The maximum Gasteiger partial charge on any atom is 0.211 e. The van der Waals surface area contributed by atoms with Gasteiger partial charge in [0.15, 0.2) is 0 Å². The van der Waals surface area contributed by atoms with Crippen LogP contribution < -0.4 is 0 Å². The van der Waals surface area contributed by atoms with Gasteiger partial charge < -0.3 is 5.21 Å². The highest BCUT2D eigenvalue weighted by atomic mass is 35.5. The van der Waals surface area contributed by atoms with Gasteiger partial charge in [0, 0.05) is 10.6 Å². The van der Waals surface area contributed by atoms with Crippen LogP contribution in [0.15, 0.2) is 23.4 Å². The summed E-state index contributed by atoms with van der Waals surface area (Å²) in [5, 5.41) is 11.9. The first-order valence-electron chi connectivity index (χ1n) is 3.74. The summed E-state index contributed by atoms with van der Waals surface area (Å²) in [5.74, 6) is -0.422. The molecule has 5 heteroatoms. The fourth-order valence-corrected chi connectivity index (χ4v) is 1.41. The Kier molecular flexibility index (Phi) is 3.49. The van der Waals surface area contributed by atoms with Gasteiger partial charge in [0.2, 0.25) is 5.78 Å². The molecule has 1 N–H and O–H groups in total. The van der Waals surface area contributed by atoms with Crippen LogP contribution in [0.4, 0.5) is 0 Å². The maximum absolute atomic E-state index is 11.5. The number of Topliss-reactive ketones (excluding diaryl/α,β-unsaturated/α-hetero) is 1. The van der Waals surface area contributed by atoms with Crippen molar-refractivity contribution in [1.29, 1.82) is 0 Å². The third-order valence-corrected chi connectivity index (χ3v) is 2.20. The van der Waals surface area contributed by atoms with Crippen LogP contribution in [-0.2, 0) is 0 Å². The lowest BCUT2D eigenvalue weighted by atomic mass is 10.1.